The van der Waals surface area contributed by atoms with Gasteiger partial charge in [-0.25, -0.2) is 0 Å². The number of carboxylic acid groups (broad SMARTS) is 1. The van der Waals surface area contributed by atoms with Crippen molar-refractivity contribution in [2.24, 2.45) is 0 Å². The highest BCUT2D eigenvalue weighted by molar-refractivity contribution is 6.46. The molecule has 1 atom stereocenters. The third kappa shape index (κ3) is 5.16. The second kappa shape index (κ2) is 10.7. The zero-order valence-corrected chi connectivity index (χ0v) is 18.6. The van der Waals surface area contributed by atoms with Crippen molar-refractivity contribution in [1.82, 2.24) is 4.90 Å². The van der Waals surface area contributed by atoms with E-state index in [-0.39, 0.29) is 24.3 Å². The molecule has 1 aliphatic heterocycles. The van der Waals surface area contributed by atoms with Gasteiger partial charge >= 0.3 is 5.97 Å². The molecule has 0 unspecified atom stereocenters. The van der Waals surface area contributed by atoms with Gasteiger partial charge in [0.05, 0.1) is 25.8 Å². The quantitative estimate of drug-likeness (QED) is 0.244. The molecule has 0 radical (unpaired) electrons. The van der Waals surface area contributed by atoms with Crippen LogP contribution in [0, 0.1) is 0 Å². The lowest BCUT2D eigenvalue weighted by molar-refractivity contribution is -0.140. The number of aliphatic hydroxyl groups is 1. The fraction of sp³-hybridized carbons (Fsp3) is 0.320. The number of carbonyl (C=O) groups excluding carboxylic acids is 2. The molecule has 2 N–H and O–H groups in total. The number of carbonyl (C=O) groups is 3. The molecule has 0 aromatic heterocycles. The van der Waals surface area contributed by atoms with Gasteiger partial charge in [-0.15, -0.1) is 0 Å². The van der Waals surface area contributed by atoms with Gasteiger partial charge in [0.2, 0.25) is 0 Å². The van der Waals surface area contributed by atoms with E-state index in [2.05, 4.69) is 0 Å². The SMILES string of the molecule is COc1ccc([C@@H]2C(=C(O)c3ccccc3)C(=O)C(=O)N2CCCCCC(=O)O)c(OC)c1. The molecule has 8 heteroatoms. The summed E-state index contributed by atoms with van der Waals surface area (Å²) in [6, 6.07) is 12.8. The maximum absolute atomic E-state index is 13.1. The number of methoxy groups -OCH3 is 2. The normalized spacial score (nSPS) is 17.3. The summed E-state index contributed by atoms with van der Waals surface area (Å²) in [5, 5.41) is 19.9. The summed E-state index contributed by atoms with van der Waals surface area (Å²) in [5.74, 6) is -1.66. The van der Waals surface area contributed by atoms with Gasteiger partial charge in [-0.05, 0) is 25.0 Å². The highest BCUT2D eigenvalue weighted by atomic mass is 16.5. The van der Waals surface area contributed by atoms with Crippen molar-refractivity contribution in [3.8, 4) is 11.5 Å². The van der Waals surface area contributed by atoms with Crippen LogP contribution in [0.25, 0.3) is 5.76 Å². The lowest BCUT2D eigenvalue weighted by Gasteiger charge is -2.27. The number of nitrogens with zero attached hydrogens (tertiary/aromatic N) is 1. The Morgan fingerprint density at radius 1 is 0.970 bits per heavy atom. The third-order valence-corrected chi connectivity index (χ3v) is 5.61. The van der Waals surface area contributed by atoms with Gasteiger partial charge in [-0.3, -0.25) is 14.4 Å². The van der Waals surface area contributed by atoms with Gasteiger partial charge in [-0.2, -0.15) is 0 Å². The molecule has 1 saturated heterocycles. The van der Waals surface area contributed by atoms with Crippen molar-refractivity contribution in [3.05, 3.63) is 65.2 Å². The van der Waals surface area contributed by atoms with Crippen molar-refractivity contribution in [2.45, 2.75) is 31.7 Å². The number of unbranched alkanes of at least 4 members (excludes halogenated alkanes) is 2. The van der Waals surface area contributed by atoms with E-state index < -0.39 is 23.7 Å². The number of likely N-dealkylation sites (tertiary alicyclic amines) is 1. The lowest BCUT2D eigenvalue weighted by atomic mass is 9.94. The molecule has 8 nitrogen and oxygen atoms in total. The second-order valence-electron chi connectivity index (χ2n) is 7.67. The fourth-order valence-electron chi connectivity index (χ4n) is 3.96. The molecule has 0 bridgehead atoms. The molecule has 1 aliphatic rings. The van der Waals surface area contributed by atoms with Crippen molar-refractivity contribution >= 4 is 23.4 Å². The number of aliphatic hydroxyl groups excluding tert-OH is 1. The van der Waals surface area contributed by atoms with E-state index in [1.807, 2.05) is 0 Å². The van der Waals surface area contributed by atoms with E-state index in [9.17, 15) is 19.5 Å². The van der Waals surface area contributed by atoms with Gasteiger partial charge in [0.25, 0.3) is 11.7 Å². The first-order valence-corrected chi connectivity index (χ1v) is 10.7. The number of Topliss-reactive ketones (excluding diaryl/α,β-unsaturated/α-hetero) is 1. The number of hydrogen-bond donors (Lipinski definition) is 2. The van der Waals surface area contributed by atoms with E-state index in [1.165, 1.54) is 19.1 Å². The summed E-state index contributed by atoms with van der Waals surface area (Å²) in [4.78, 5) is 38.2. The predicted octanol–water partition coefficient (Wildman–Crippen LogP) is 3.77. The molecule has 0 saturated carbocycles. The van der Waals surface area contributed by atoms with E-state index in [0.717, 1.165) is 0 Å². The summed E-state index contributed by atoms with van der Waals surface area (Å²) in [6.07, 6.45) is 1.61. The maximum atomic E-state index is 13.1. The van der Waals surface area contributed by atoms with Crippen LogP contribution in [0.2, 0.25) is 0 Å². The Balaban J connectivity index is 2.05. The molecule has 1 fully saturated rings. The summed E-state index contributed by atoms with van der Waals surface area (Å²) >= 11 is 0. The average Bonchev–Trinajstić information content (AvgIpc) is 3.08. The topological polar surface area (TPSA) is 113 Å². The first kappa shape index (κ1) is 23.8. The number of aliphatic carboxylic acids is 1. The smallest absolute Gasteiger partial charge is 0.303 e. The first-order valence-electron chi connectivity index (χ1n) is 10.7. The Morgan fingerprint density at radius 2 is 1.70 bits per heavy atom. The monoisotopic (exact) mass is 453 g/mol. The van der Waals surface area contributed by atoms with Crippen molar-refractivity contribution < 1.29 is 34.1 Å². The summed E-state index contributed by atoms with van der Waals surface area (Å²) in [7, 11) is 3.00. The Morgan fingerprint density at radius 3 is 2.33 bits per heavy atom. The molecule has 1 amide bonds. The Labute approximate surface area is 192 Å². The van der Waals surface area contributed by atoms with Crippen LogP contribution in [-0.4, -0.2) is 53.5 Å². The van der Waals surface area contributed by atoms with Crippen LogP contribution in [-0.2, 0) is 14.4 Å². The molecule has 0 spiro atoms. The third-order valence-electron chi connectivity index (χ3n) is 5.61. The molecular weight excluding hydrogens is 426 g/mol. The van der Waals surface area contributed by atoms with Gasteiger partial charge < -0.3 is 24.6 Å². The minimum atomic E-state index is -0.874. The molecule has 2 aromatic rings. The van der Waals surface area contributed by atoms with Crippen LogP contribution >= 0.6 is 0 Å². The van der Waals surface area contributed by atoms with Crippen molar-refractivity contribution in [2.75, 3.05) is 20.8 Å². The first-order chi connectivity index (χ1) is 15.9. The standard InChI is InChI=1S/C25H27NO7/c1-32-17-12-13-18(19(15-17)33-2)22-21(23(29)16-9-5-3-6-10-16)24(30)25(31)26(22)14-8-4-7-11-20(27)28/h3,5-6,9-10,12-13,15,22,29H,4,7-8,11,14H2,1-2H3,(H,27,28)/t22-/m1/s1. The van der Waals surface area contributed by atoms with Gasteiger partial charge in [0.1, 0.15) is 17.3 Å². The molecular formula is C25H27NO7. The summed E-state index contributed by atoms with van der Waals surface area (Å²) in [5.41, 5.74) is 0.954. The summed E-state index contributed by atoms with van der Waals surface area (Å²) in [6.45, 7) is 0.232. The predicted molar refractivity (Wildman–Crippen MR) is 121 cm³/mol. The molecule has 3 rings (SSSR count). The molecule has 2 aromatic carbocycles. The molecule has 1 heterocycles. The highest BCUT2D eigenvalue weighted by Gasteiger charge is 2.46. The number of ketones is 1. The van der Waals surface area contributed by atoms with Gasteiger partial charge in [0.15, 0.2) is 0 Å². The zero-order chi connectivity index (χ0) is 24.0. The zero-order valence-electron chi connectivity index (χ0n) is 18.6. The molecule has 0 aliphatic carbocycles. The van der Waals surface area contributed by atoms with E-state index >= 15 is 0 Å². The fourth-order valence-corrected chi connectivity index (χ4v) is 3.96. The van der Waals surface area contributed by atoms with Crippen LogP contribution in [0.5, 0.6) is 11.5 Å². The van der Waals surface area contributed by atoms with Gasteiger partial charge in [-0.1, -0.05) is 36.8 Å². The molecule has 174 valence electrons. The van der Waals surface area contributed by atoms with Crippen LogP contribution in [0.3, 0.4) is 0 Å². The number of amides is 1. The van der Waals surface area contributed by atoms with E-state index in [4.69, 9.17) is 14.6 Å². The highest BCUT2D eigenvalue weighted by Crippen LogP contribution is 2.43. The molecule has 33 heavy (non-hydrogen) atoms. The number of benzene rings is 2. The average molecular weight is 453 g/mol. The van der Waals surface area contributed by atoms with Crippen LogP contribution in [0.4, 0.5) is 0 Å². The lowest BCUT2D eigenvalue weighted by Crippen LogP contribution is -2.31. The minimum absolute atomic E-state index is 0.0137. The van der Waals surface area contributed by atoms with Gasteiger partial charge in [0, 0.05) is 30.2 Å². The maximum Gasteiger partial charge on any atom is 0.303 e. The van der Waals surface area contributed by atoms with E-state index in [0.29, 0.717) is 41.9 Å². The van der Waals surface area contributed by atoms with Crippen molar-refractivity contribution in [1.29, 1.82) is 0 Å². The second-order valence-corrected chi connectivity index (χ2v) is 7.67. The minimum Gasteiger partial charge on any atom is -0.507 e. The number of hydrogen-bond acceptors (Lipinski definition) is 6. The van der Waals surface area contributed by atoms with Crippen LogP contribution in [0.1, 0.15) is 42.9 Å². The van der Waals surface area contributed by atoms with Crippen molar-refractivity contribution in [3.63, 3.8) is 0 Å². The Hall–Kier alpha value is -3.81. The van der Waals surface area contributed by atoms with Crippen LogP contribution in [0.15, 0.2) is 54.1 Å². The number of rotatable bonds is 10. The number of carboxylic acids is 1. The number of ether oxygens (including phenoxy) is 2. The summed E-state index contributed by atoms with van der Waals surface area (Å²) < 4.78 is 10.8. The van der Waals surface area contributed by atoms with E-state index in [1.54, 1.807) is 48.5 Å². The Kier molecular flexibility index (Phi) is 7.71. The Bertz CT molecular complexity index is 1060. The largest absolute Gasteiger partial charge is 0.507 e. The van der Waals surface area contributed by atoms with Crippen LogP contribution < -0.4 is 9.47 Å².